The van der Waals surface area contributed by atoms with Gasteiger partial charge in [0.1, 0.15) is 16.3 Å². The van der Waals surface area contributed by atoms with Crippen molar-refractivity contribution in [3.05, 3.63) is 58.1 Å². The summed E-state index contributed by atoms with van der Waals surface area (Å²) in [6.45, 7) is 4.08. The number of anilines is 1. The lowest BCUT2D eigenvalue weighted by atomic mass is 10.2. The van der Waals surface area contributed by atoms with Crippen LogP contribution in [0.15, 0.2) is 47.4 Å². The molecule has 8 heteroatoms. The van der Waals surface area contributed by atoms with Crippen LogP contribution in [0.25, 0.3) is 0 Å². The van der Waals surface area contributed by atoms with Gasteiger partial charge in [-0.1, -0.05) is 24.3 Å². The van der Waals surface area contributed by atoms with Crippen molar-refractivity contribution in [3.8, 4) is 5.75 Å². The molecule has 0 saturated carbocycles. The van der Waals surface area contributed by atoms with E-state index in [0.717, 1.165) is 11.8 Å². The van der Waals surface area contributed by atoms with E-state index in [1.807, 2.05) is 38.1 Å². The van der Waals surface area contributed by atoms with Gasteiger partial charge in [0, 0.05) is 18.4 Å². The topological polar surface area (TPSA) is 98.5 Å². The Balaban J connectivity index is 2.35. The summed E-state index contributed by atoms with van der Waals surface area (Å²) in [5.41, 5.74) is 0.509. The molecule has 0 aliphatic carbocycles. The van der Waals surface area contributed by atoms with Crippen molar-refractivity contribution in [2.75, 3.05) is 11.6 Å². The Hall–Kier alpha value is -2.61. The molecule has 0 saturated heterocycles. The van der Waals surface area contributed by atoms with Crippen LogP contribution in [0.2, 0.25) is 0 Å². The Labute approximate surface area is 146 Å². The van der Waals surface area contributed by atoms with Crippen LogP contribution in [0.4, 0.5) is 11.4 Å². The van der Waals surface area contributed by atoms with Crippen LogP contribution in [0.1, 0.15) is 19.4 Å². The lowest BCUT2D eigenvalue weighted by Gasteiger charge is -2.15. The van der Waals surface area contributed by atoms with E-state index in [4.69, 9.17) is 4.74 Å². The smallest absolute Gasteiger partial charge is 0.310 e. The summed E-state index contributed by atoms with van der Waals surface area (Å²) in [5.74, 6) is 0.673. The van der Waals surface area contributed by atoms with E-state index < -0.39 is 20.4 Å². The molecule has 0 amide bonds. The summed E-state index contributed by atoms with van der Waals surface area (Å²) in [6.07, 6.45) is 0.939. The summed E-state index contributed by atoms with van der Waals surface area (Å²) in [4.78, 5) is 10.4. The van der Waals surface area contributed by atoms with Crippen molar-refractivity contribution < 1.29 is 18.1 Å². The first-order chi connectivity index (χ1) is 11.7. The van der Waals surface area contributed by atoms with Gasteiger partial charge in [-0.05, 0) is 32.0 Å². The van der Waals surface area contributed by atoms with Gasteiger partial charge in [0.05, 0.1) is 11.0 Å². The summed E-state index contributed by atoms with van der Waals surface area (Å²) in [5, 5.41) is 14.3. The monoisotopic (exact) mass is 364 g/mol. The van der Waals surface area contributed by atoms with Gasteiger partial charge in [0.2, 0.25) is 0 Å². The van der Waals surface area contributed by atoms with Crippen molar-refractivity contribution in [1.29, 1.82) is 0 Å². The fraction of sp³-hybridized carbons (Fsp3) is 0.294. The van der Waals surface area contributed by atoms with Crippen molar-refractivity contribution in [1.82, 2.24) is 0 Å². The summed E-state index contributed by atoms with van der Waals surface area (Å²) < 4.78 is 29.3. The molecule has 0 heterocycles. The van der Waals surface area contributed by atoms with Gasteiger partial charge >= 0.3 is 5.69 Å². The molecular formula is C17H20N2O5S. The minimum Gasteiger partial charge on any atom is -0.491 e. The van der Waals surface area contributed by atoms with Crippen LogP contribution in [0.3, 0.4) is 0 Å². The molecular weight excluding hydrogens is 344 g/mol. The maximum absolute atomic E-state index is 11.8. The van der Waals surface area contributed by atoms with Gasteiger partial charge in [-0.15, -0.1) is 0 Å². The zero-order valence-corrected chi connectivity index (χ0v) is 15.0. The highest BCUT2D eigenvalue weighted by molar-refractivity contribution is 7.90. The number of benzene rings is 2. The molecule has 0 spiro atoms. The Kier molecular flexibility index (Phi) is 5.63. The predicted molar refractivity (Wildman–Crippen MR) is 95.7 cm³/mol. The number of hydrogen-bond acceptors (Lipinski definition) is 6. The van der Waals surface area contributed by atoms with Gasteiger partial charge < -0.3 is 10.1 Å². The van der Waals surface area contributed by atoms with Gasteiger partial charge in [-0.3, -0.25) is 10.1 Å². The molecule has 25 heavy (non-hydrogen) atoms. The molecule has 7 nitrogen and oxygen atoms in total. The number of nitro benzene ring substituents is 1. The van der Waals surface area contributed by atoms with E-state index in [1.165, 1.54) is 18.2 Å². The van der Waals surface area contributed by atoms with E-state index in [9.17, 15) is 18.5 Å². The Morgan fingerprint density at radius 3 is 2.44 bits per heavy atom. The standard InChI is InChI=1S/C17H20N2O5S/c1-12(2)24-15-9-5-4-7-13(15)11-18-14-8-6-10-16(25(3,22)23)17(14)19(20)21/h4-10,12,18H,11H2,1-3H3. The lowest BCUT2D eigenvalue weighted by Crippen LogP contribution is -2.10. The second kappa shape index (κ2) is 7.52. The van der Waals surface area contributed by atoms with E-state index in [0.29, 0.717) is 5.75 Å². The molecule has 0 aromatic heterocycles. The first-order valence-corrected chi connectivity index (χ1v) is 9.55. The second-order valence-electron chi connectivity index (χ2n) is 5.81. The van der Waals surface area contributed by atoms with Crippen LogP contribution in [0, 0.1) is 10.1 Å². The zero-order valence-electron chi connectivity index (χ0n) is 14.2. The molecule has 1 N–H and O–H groups in total. The summed E-state index contributed by atoms with van der Waals surface area (Å²) >= 11 is 0. The molecule has 0 atom stereocenters. The van der Waals surface area contributed by atoms with Gasteiger partial charge in [0.15, 0.2) is 9.84 Å². The predicted octanol–water partition coefficient (Wildman–Crippen LogP) is 3.40. The third kappa shape index (κ3) is 4.69. The summed E-state index contributed by atoms with van der Waals surface area (Å²) in [7, 11) is -3.71. The highest BCUT2D eigenvalue weighted by Gasteiger charge is 2.26. The number of nitrogens with zero attached hydrogens (tertiary/aromatic N) is 1. The Morgan fingerprint density at radius 2 is 1.84 bits per heavy atom. The highest BCUT2D eigenvalue weighted by atomic mass is 32.2. The average Bonchev–Trinajstić information content (AvgIpc) is 2.52. The van der Waals surface area contributed by atoms with Gasteiger partial charge in [0.25, 0.3) is 0 Å². The molecule has 0 bridgehead atoms. The maximum Gasteiger partial charge on any atom is 0.310 e. The van der Waals surface area contributed by atoms with Crippen LogP contribution >= 0.6 is 0 Å². The fourth-order valence-corrected chi connectivity index (χ4v) is 3.22. The molecule has 134 valence electrons. The number of ether oxygens (including phenoxy) is 1. The fourth-order valence-electron chi connectivity index (χ4n) is 2.36. The van der Waals surface area contributed by atoms with Gasteiger partial charge in [-0.2, -0.15) is 0 Å². The quantitative estimate of drug-likeness (QED) is 0.597. The summed E-state index contributed by atoms with van der Waals surface area (Å²) in [6, 6.07) is 11.5. The molecule has 2 aromatic carbocycles. The zero-order chi connectivity index (χ0) is 18.6. The van der Waals surface area contributed by atoms with Crippen molar-refractivity contribution >= 4 is 21.2 Å². The molecule has 2 rings (SSSR count). The number of nitrogens with one attached hydrogen (secondary N) is 1. The SMILES string of the molecule is CC(C)Oc1ccccc1CNc1cccc(S(C)(=O)=O)c1[N+](=O)[O-]. The Morgan fingerprint density at radius 1 is 1.16 bits per heavy atom. The second-order valence-corrected chi connectivity index (χ2v) is 7.79. The first-order valence-electron chi connectivity index (χ1n) is 7.66. The normalized spacial score (nSPS) is 11.4. The molecule has 0 aliphatic heterocycles. The van der Waals surface area contributed by atoms with Crippen molar-refractivity contribution in [2.24, 2.45) is 0 Å². The third-order valence-corrected chi connectivity index (χ3v) is 4.51. The van der Waals surface area contributed by atoms with Crippen molar-refractivity contribution in [2.45, 2.75) is 31.4 Å². The molecule has 0 radical (unpaired) electrons. The highest BCUT2D eigenvalue weighted by Crippen LogP contribution is 2.32. The van der Waals surface area contributed by atoms with Crippen LogP contribution < -0.4 is 10.1 Å². The molecule has 0 aliphatic rings. The van der Waals surface area contributed by atoms with Gasteiger partial charge in [-0.25, -0.2) is 8.42 Å². The minimum absolute atomic E-state index is 0.0101. The minimum atomic E-state index is -3.71. The van der Waals surface area contributed by atoms with E-state index >= 15 is 0 Å². The number of hydrogen-bond donors (Lipinski definition) is 1. The number of nitro groups is 1. The Bertz CT molecular complexity index is 878. The third-order valence-electron chi connectivity index (χ3n) is 3.39. The number of para-hydroxylation sites is 2. The van der Waals surface area contributed by atoms with Crippen LogP contribution in [-0.2, 0) is 16.4 Å². The number of sulfone groups is 1. The van der Waals surface area contributed by atoms with Crippen LogP contribution in [0.5, 0.6) is 5.75 Å². The largest absolute Gasteiger partial charge is 0.491 e. The average molecular weight is 364 g/mol. The molecule has 0 unspecified atom stereocenters. The number of rotatable bonds is 7. The molecule has 0 fully saturated rings. The van der Waals surface area contributed by atoms with E-state index in [1.54, 1.807) is 0 Å². The van der Waals surface area contributed by atoms with Crippen LogP contribution in [-0.4, -0.2) is 25.7 Å². The molecule has 2 aromatic rings. The van der Waals surface area contributed by atoms with E-state index in [-0.39, 0.29) is 23.2 Å². The maximum atomic E-state index is 11.8. The van der Waals surface area contributed by atoms with Crippen molar-refractivity contribution in [3.63, 3.8) is 0 Å². The lowest BCUT2D eigenvalue weighted by molar-refractivity contribution is -0.386. The first kappa shape index (κ1) is 18.7. The van der Waals surface area contributed by atoms with E-state index in [2.05, 4.69) is 5.32 Å².